The molecule has 13 nitrogen and oxygen atoms in total. The molecule has 0 unspecified atom stereocenters. The highest BCUT2D eigenvalue weighted by Gasteiger charge is 2.28. The van der Waals surface area contributed by atoms with Crippen LogP contribution in [-0.4, -0.2) is 82.2 Å². The number of benzene rings is 2. The number of amides is 2. The second-order valence-corrected chi connectivity index (χ2v) is 14.1. The Labute approximate surface area is 293 Å². The van der Waals surface area contributed by atoms with Crippen molar-refractivity contribution in [3.05, 3.63) is 53.9 Å². The number of nitrogens with one attached hydrogen (secondary N) is 2. The van der Waals surface area contributed by atoms with E-state index in [1.165, 1.54) is 6.42 Å². The molecule has 2 aliphatic rings. The largest absolute Gasteiger partial charge is 0.490 e. The number of carbonyl (C=O) groups is 3. The number of imidazole rings is 1. The second-order valence-electron chi connectivity index (χ2n) is 14.1. The number of anilines is 1. The number of amidine groups is 1. The lowest BCUT2D eigenvalue weighted by molar-refractivity contribution is -0.141. The summed E-state index contributed by atoms with van der Waals surface area (Å²) in [4.78, 5) is 47.1. The zero-order valence-corrected chi connectivity index (χ0v) is 29.7. The number of esters is 1. The van der Waals surface area contributed by atoms with Crippen molar-refractivity contribution < 1.29 is 28.6 Å². The van der Waals surface area contributed by atoms with Gasteiger partial charge in [-0.15, -0.1) is 0 Å². The normalized spacial score (nSPS) is 15.8. The number of carbonyl (C=O) groups excluding carboxylic acids is 3. The summed E-state index contributed by atoms with van der Waals surface area (Å²) in [6.07, 6.45) is 6.38. The molecule has 1 saturated heterocycles. The van der Waals surface area contributed by atoms with Gasteiger partial charge in [-0.2, -0.15) is 0 Å². The summed E-state index contributed by atoms with van der Waals surface area (Å²) in [6.45, 7) is 8.94. The van der Waals surface area contributed by atoms with Crippen molar-refractivity contribution in [3.63, 3.8) is 0 Å². The molecule has 0 radical (unpaired) electrons. The van der Waals surface area contributed by atoms with Gasteiger partial charge in [0.25, 0.3) is 0 Å². The highest BCUT2D eigenvalue weighted by Crippen LogP contribution is 2.27. The lowest BCUT2D eigenvalue weighted by Crippen LogP contribution is -2.44. The van der Waals surface area contributed by atoms with Gasteiger partial charge in [0.15, 0.2) is 0 Å². The molecule has 0 atom stereocenters. The van der Waals surface area contributed by atoms with Gasteiger partial charge in [-0.05, 0) is 83.0 Å². The number of piperidine rings is 1. The van der Waals surface area contributed by atoms with E-state index in [2.05, 4.69) is 5.32 Å². The Balaban J connectivity index is 1.33. The highest BCUT2D eigenvalue weighted by atomic mass is 16.6. The second kappa shape index (κ2) is 16.3. The van der Waals surface area contributed by atoms with E-state index in [9.17, 15) is 14.4 Å². The lowest BCUT2D eigenvalue weighted by atomic mass is 9.95. The van der Waals surface area contributed by atoms with Crippen LogP contribution in [0.2, 0.25) is 0 Å². The number of nitrogens with two attached hydrogens (primary N) is 1. The van der Waals surface area contributed by atoms with E-state index in [4.69, 9.17) is 30.3 Å². The van der Waals surface area contributed by atoms with Crippen LogP contribution in [0.15, 0.2) is 42.5 Å². The van der Waals surface area contributed by atoms with E-state index in [0.717, 1.165) is 36.9 Å². The van der Waals surface area contributed by atoms with Gasteiger partial charge in [-0.1, -0.05) is 19.3 Å². The Morgan fingerprint density at radius 1 is 1.02 bits per heavy atom. The van der Waals surface area contributed by atoms with Crippen molar-refractivity contribution in [1.29, 1.82) is 5.41 Å². The molecule has 0 spiro atoms. The van der Waals surface area contributed by atoms with E-state index in [0.29, 0.717) is 48.6 Å². The van der Waals surface area contributed by atoms with Crippen molar-refractivity contribution in [3.8, 4) is 5.75 Å². The number of likely N-dealkylation sites (tertiary alicyclic amines) is 1. The van der Waals surface area contributed by atoms with Crippen molar-refractivity contribution in [2.75, 3.05) is 31.1 Å². The van der Waals surface area contributed by atoms with Gasteiger partial charge in [-0.3, -0.25) is 15.0 Å². The third-order valence-corrected chi connectivity index (χ3v) is 8.97. The molecule has 1 aliphatic heterocycles. The zero-order valence-electron chi connectivity index (χ0n) is 29.7. The number of hydrogen-bond acceptors (Lipinski definition) is 9. The van der Waals surface area contributed by atoms with Gasteiger partial charge in [0, 0.05) is 43.2 Å². The Morgan fingerprint density at radius 2 is 1.72 bits per heavy atom. The van der Waals surface area contributed by atoms with Gasteiger partial charge in [0.05, 0.1) is 24.2 Å². The van der Waals surface area contributed by atoms with E-state index in [1.54, 1.807) is 24.0 Å². The zero-order chi connectivity index (χ0) is 35.8. The number of nitrogens with zero attached hydrogens (tertiary/aromatic N) is 4. The summed E-state index contributed by atoms with van der Waals surface area (Å²) < 4.78 is 19.0. The molecule has 1 aliphatic carbocycles. The first-order valence-corrected chi connectivity index (χ1v) is 17.7. The van der Waals surface area contributed by atoms with Crippen LogP contribution in [0.5, 0.6) is 5.75 Å². The summed E-state index contributed by atoms with van der Waals surface area (Å²) >= 11 is 0. The van der Waals surface area contributed by atoms with Crippen molar-refractivity contribution in [2.24, 2.45) is 5.73 Å². The molecule has 2 amide bonds. The van der Waals surface area contributed by atoms with Crippen LogP contribution in [0, 0.1) is 5.41 Å². The fourth-order valence-corrected chi connectivity index (χ4v) is 6.49. The van der Waals surface area contributed by atoms with E-state index in [1.807, 2.05) is 60.6 Å². The summed E-state index contributed by atoms with van der Waals surface area (Å²) in [5, 5.41) is 11.1. The number of aromatic nitrogens is 2. The Hall–Kier alpha value is -4.81. The van der Waals surface area contributed by atoms with Crippen molar-refractivity contribution >= 4 is 40.5 Å². The molecule has 2 aromatic carbocycles. The predicted octanol–water partition coefficient (Wildman–Crippen LogP) is 5.12. The Morgan fingerprint density at radius 3 is 2.36 bits per heavy atom. The molecule has 270 valence electrons. The standard InChI is InChI=1S/C37H51N7O6/c1-5-48-34(46)24-43(27-12-14-28(15-13-27)49-29-17-19-42(20-18-29)36(47)50-37(2,3)4)22-32-41-30-21-25(35(38)39)11-16-31(30)44(32)23-33(45)40-26-9-7-6-8-10-26/h11-16,21,26,29H,5-10,17-20,22-24H2,1-4H3,(H3,38,39)(H,40,45). The number of fused-ring (bicyclic) bond motifs is 1. The smallest absolute Gasteiger partial charge is 0.410 e. The molecule has 1 aromatic heterocycles. The third-order valence-electron chi connectivity index (χ3n) is 8.97. The fourth-order valence-electron chi connectivity index (χ4n) is 6.49. The average molecular weight is 690 g/mol. The summed E-state index contributed by atoms with van der Waals surface area (Å²) in [6, 6.07) is 13.0. The van der Waals surface area contributed by atoms with Crippen molar-refractivity contribution in [2.45, 2.75) is 103 Å². The molecule has 50 heavy (non-hydrogen) atoms. The highest BCUT2D eigenvalue weighted by molar-refractivity contribution is 5.98. The molecule has 5 rings (SSSR count). The van der Waals surface area contributed by atoms with Crippen LogP contribution in [0.4, 0.5) is 10.5 Å². The lowest BCUT2D eigenvalue weighted by Gasteiger charge is -2.33. The molecule has 1 saturated carbocycles. The van der Waals surface area contributed by atoms with Crippen LogP contribution >= 0.6 is 0 Å². The molecule has 0 bridgehead atoms. The SMILES string of the molecule is CCOC(=O)CN(Cc1nc2cc(C(=N)N)ccc2n1CC(=O)NC1CCCCC1)c1ccc(OC2CCN(C(=O)OC(C)(C)C)CC2)cc1. The van der Waals surface area contributed by atoms with Gasteiger partial charge in [-0.25, -0.2) is 9.78 Å². The number of rotatable bonds is 12. The predicted molar refractivity (Wildman–Crippen MR) is 191 cm³/mol. The molecular weight excluding hydrogens is 638 g/mol. The first kappa shape index (κ1) is 36.5. The summed E-state index contributed by atoms with van der Waals surface area (Å²) in [5.74, 6) is 0.715. The molecular formula is C37H51N7O6. The van der Waals surface area contributed by atoms with Gasteiger partial charge < -0.3 is 39.6 Å². The van der Waals surface area contributed by atoms with Crippen LogP contribution in [0.3, 0.4) is 0 Å². The topological polar surface area (TPSA) is 165 Å². The number of ether oxygens (including phenoxy) is 3. The molecule has 4 N–H and O–H groups in total. The third kappa shape index (κ3) is 9.88. The minimum absolute atomic E-state index is 0.0344. The van der Waals surface area contributed by atoms with Gasteiger partial charge in [0.2, 0.25) is 5.91 Å². The maximum Gasteiger partial charge on any atom is 0.410 e. The Bertz CT molecular complexity index is 1650. The first-order valence-electron chi connectivity index (χ1n) is 17.7. The number of nitrogen functional groups attached to an aromatic ring is 1. The van der Waals surface area contributed by atoms with Crippen molar-refractivity contribution in [1.82, 2.24) is 19.8 Å². The van der Waals surface area contributed by atoms with E-state index in [-0.39, 0.29) is 62.2 Å². The van der Waals surface area contributed by atoms with Crippen LogP contribution < -0.4 is 20.7 Å². The Kier molecular flexibility index (Phi) is 11.9. The quantitative estimate of drug-likeness (QED) is 0.133. The molecule has 13 heteroatoms. The summed E-state index contributed by atoms with van der Waals surface area (Å²) in [7, 11) is 0. The van der Waals surface area contributed by atoms with Crippen LogP contribution in [-0.2, 0) is 32.2 Å². The first-order chi connectivity index (χ1) is 23.9. The van der Waals surface area contributed by atoms with Crippen LogP contribution in [0.1, 0.15) is 84.0 Å². The fraction of sp³-hybridized carbons (Fsp3) is 0.541. The molecule has 2 heterocycles. The minimum atomic E-state index is -0.540. The van der Waals surface area contributed by atoms with Gasteiger partial charge >= 0.3 is 12.1 Å². The maximum atomic E-state index is 13.3. The number of hydrogen-bond donors (Lipinski definition) is 3. The van der Waals surface area contributed by atoms with Crippen LogP contribution in [0.25, 0.3) is 11.0 Å². The monoisotopic (exact) mass is 689 g/mol. The molecule has 2 fully saturated rings. The minimum Gasteiger partial charge on any atom is -0.490 e. The van der Waals surface area contributed by atoms with Gasteiger partial charge in [0.1, 0.15) is 42.2 Å². The summed E-state index contributed by atoms with van der Waals surface area (Å²) in [5.41, 5.74) is 7.87. The molecule has 3 aromatic rings. The van der Waals surface area contributed by atoms with E-state index >= 15 is 0 Å². The maximum absolute atomic E-state index is 13.3. The van der Waals surface area contributed by atoms with E-state index < -0.39 is 5.60 Å². The average Bonchev–Trinajstić information content (AvgIpc) is 3.40.